The van der Waals surface area contributed by atoms with Gasteiger partial charge < -0.3 is 15.1 Å². The van der Waals surface area contributed by atoms with Crippen LogP contribution < -0.4 is 10.2 Å². The van der Waals surface area contributed by atoms with Crippen LogP contribution in [-0.2, 0) is 6.54 Å². The Morgan fingerprint density at radius 3 is 2.62 bits per heavy atom. The maximum Gasteiger partial charge on any atom is 0.141 e. The monoisotopic (exact) mass is 296 g/mol. The maximum absolute atomic E-state index is 13.5. The van der Waals surface area contributed by atoms with Crippen molar-refractivity contribution in [1.82, 2.24) is 15.2 Å². The average Bonchev–Trinajstić information content (AvgIpc) is 2.41. The van der Waals surface area contributed by atoms with Gasteiger partial charge in [-0.1, -0.05) is 6.92 Å². The van der Waals surface area contributed by atoms with Gasteiger partial charge in [0, 0.05) is 31.2 Å². The predicted molar refractivity (Wildman–Crippen MR) is 87.2 cm³/mol. The summed E-state index contributed by atoms with van der Waals surface area (Å²) in [7, 11) is 4.12. The molecule has 0 aliphatic heterocycles. The SMILES string of the molecule is CCCNCc1cc(F)cnc1N(CC)C(C)CN(C)C. The Hall–Kier alpha value is -1.20. The standard InChI is InChI=1S/C16H29FN4/c1-6-8-18-10-14-9-15(17)11-19-16(14)21(7-2)13(3)12-20(4)5/h9,11,13,18H,6-8,10,12H2,1-5H3. The highest BCUT2D eigenvalue weighted by Crippen LogP contribution is 2.21. The van der Waals surface area contributed by atoms with Crippen LogP contribution in [0.5, 0.6) is 0 Å². The molecule has 4 nitrogen and oxygen atoms in total. The average molecular weight is 296 g/mol. The Kier molecular flexibility index (Phi) is 7.61. The first-order valence-corrected chi connectivity index (χ1v) is 7.76. The Bertz CT molecular complexity index is 423. The van der Waals surface area contributed by atoms with E-state index < -0.39 is 0 Å². The van der Waals surface area contributed by atoms with Crippen LogP contribution in [0.15, 0.2) is 12.3 Å². The molecule has 1 atom stereocenters. The van der Waals surface area contributed by atoms with Crippen LogP contribution in [0.2, 0.25) is 0 Å². The molecule has 1 heterocycles. The number of nitrogens with one attached hydrogen (secondary N) is 1. The van der Waals surface area contributed by atoms with Crippen LogP contribution in [0.3, 0.4) is 0 Å². The highest BCUT2D eigenvalue weighted by atomic mass is 19.1. The lowest BCUT2D eigenvalue weighted by Crippen LogP contribution is -2.41. The summed E-state index contributed by atoms with van der Waals surface area (Å²) in [6.07, 6.45) is 2.37. The van der Waals surface area contributed by atoms with Crippen molar-refractivity contribution in [3.05, 3.63) is 23.6 Å². The van der Waals surface area contributed by atoms with Gasteiger partial charge in [0.2, 0.25) is 0 Å². The second-order valence-corrected chi connectivity index (χ2v) is 5.71. The van der Waals surface area contributed by atoms with Crippen molar-refractivity contribution in [2.24, 2.45) is 0 Å². The number of halogens is 1. The zero-order chi connectivity index (χ0) is 15.8. The minimum atomic E-state index is -0.275. The number of rotatable bonds is 9. The quantitative estimate of drug-likeness (QED) is 0.710. The summed E-state index contributed by atoms with van der Waals surface area (Å²) in [4.78, 5) is 8.75. The van der Waals surface area contributed by atoms with Gasteiger partial charge in [-0.05, 0) is 47.0 Å². The molecule has 0 amide bonds. The zero-order valence-corrected chi connectivity index (χ0v) is 14.0. The van der Waals surface area contributed by atoms with Crippen molar-refractivity contribution in [2.45, 2.75) is 39.8 Å². The molecule has 0 bridgehead atoms. The predicted octanol–water partition coefficient (Wildman–Crippen LogP) is 2.50. The largest absolute Gasteiger partial charge is 0.353 e. The van der Waals surface area contributed by atoms with Crippen molar-refractivity contribution in [2.75, 3.05) is 38.6 Å². The number of likely N-dealkylation sites (N-methyl/N-ethyl adjacent to an activating group) is 2. The molecule has 5 heteroatoms. The minimum absolute atomic E-state index is 0.275. The lowest BCUT2D eigenvalue weighted by molar-refractivity contribution is 0.371. The third kappa shape index (κ3) is 5.59. The van der Waals surface area contributed by atoms with E-state index in [0.717, 1.165) is 37.4 Å². The van der Waals surface area contributed by atoms with Gasteiger partial charge in [0.1, 0.15) is 11.6 Å². The molecule has 0 saturated carbocycles. The van der Waals surface area contributed by atoms with E-state index in [-0.39, 0.29) is 5.82 Å². The van der Waals surface area contributed by atoms with Crippen molar-refractivity contribution in [3.63, 3.8) is 0 Å². The van der Waals surface area contributed by atoms with E-state index in [9.17, 15) is 4.39 Å². The fraction of sp³-hybridized carbons (Fsp3) is 0.688. The van der Waals surface area contributed by atoms with Crippen molar-refractivity contribution in [1.29, 1.82) is 0 Å². The molecule has 0 spiro atoms. The summed E-state index contributed by atoms with van der Waals surface area (Å²) in [5, 5.41) is 3.33. The minimum Gasteiger partial charge on any atom is -0.353 e. The number of hydrogen-bond acceptors (Lipinski definition) is 4. The molecule has 0 fully saturated rings. The van der Waals surface area contributed by atoms with Crippen molar-refractivity contribution in [3.8, 4) is 0 Å². The molecule has 0 saturated heterocycles. The Labute approximate surface area is 128 Å². The molecule has 1 aromatic rings. The summed E-state index contributed by atoms with van der Waals surface area (Å²) in [5.74, 6) is 0.611. The molecule has 0 aliphatic carbocycles. The number of hydrogen-bond donors (Lipinski definition) is 1. The summed E-state index contributed by atoms with van der Waals surface area (Å²) >= 11 is 0. The second-order valence-electron chi connectivity index (χ2n) is 5.71. The smallest absolute Gasteiger partial charge is 0.141 e. The molecule has 0 aliphatic rings. The van der Waals surface area contributed by atoms with Crippen LogP contribution >= 0.6 is 0 Å². The molecule has 0 aromatic carbocycles. The number of aromatic nitrogens is 1. The number of nitrogens with zero attached hydrogens (tertiary/aromatic N) is 3. The first-order chi connectivity index (χ1) is 9.99. The lowest BCUT2D eigenvalue weighted by Gasteiger charge is -2.32. The van der Waals surface area contributed by atoms with Gasteiger partial charge in [-0.3, -0.25) is 0 Å². The maximum atomic E-state index is 13.5. The molecular weight excluding hydrogens is 267 g/mol. The molecular formula is C16H29FN4. The van der Waals surface area contributed by atoms with E-state index in [0.29, 0.717) is 12.6 Å². The van der Waals surface area contributed by atoms with Gasteiger partial charge in [0.05, 0.1) is 6.20 Å². The second kappa shape index (κ2) is 8.95. The molecule has 0 radical (unpaired) electrons. The molecule has 1 N–H and O–H groups in total. The molecule has 120 valence electrons. The van der Waals surface area contributed by atoms with Gasteiger partial charge in [-0.25, -0.2) is 9.37 Å². The van der Waals surface area contributed by atoms with E-state index in [1.165, 1.54) is 6.20 Å². The van der Waals surface area contributed by atoms with Crippen LogP contribution in [0.1, 0.15) is 32.8 Å². The fourth-order valence-corrected chi connectivity index (χ4v) is 2.56. The topological polar surface area (TPSA) is 31.4 Å². The first kappa shape index (κ1) is 17.9. The highest BCUT2D eigenvalue weighted by molar-refractivity contribution is 5.47. The van der Waals surface area contributed by atoms with E-state index in [1.807, 2.05) is 0 Å². The Morgan fingerprint density at radius 2 is 2.05 bits per heavy atom. The van der Waals surface area contributed by atoms with Crippen molar-refractivity contribution < 1.29 is 4.39 Å². The van der Waals surface area contributed by atoms with Crippen LogP contribution in [0, 0.1) is 5.82 Å². The van der Waals surface area contributed by atoms with E-state index in [4.69, 9.17) is 0 Å². The van der Waals surface area contributed by atoms with Gasteiger partial charge in [-0.15, -0.1) is 0 Å². The first-order valence-electron chi connectivity index (χ1n) is 7.76. The Morgan fingerprint density at radius 1 is 1.33 bits per heavy atom. The zero-order valence-electron chi connectivity index (χ0n) is 14.0. The molecule has 1 aromatic heterocycles. The van der Waals surface area contributed by atoms with Crippen LogP contribution in [0.25, 0.3) is 0 Å². The van der Waals surface area contributed by atoms with Crippen molar-refractivity contribution >= 4 is 5.82 Å². The van der Waals surface area contributed by atoms with Crippen LogP contribution in [-0.4, -0.2) is 49.7 Å². The van der Waals surface area contributed by atoms with Gasteiger partial charge in [0.15, 0.2) is 0 Å². The lowest BCUT2D eigenvalue weighted by atomic mass is 10.2. The summed E-state index contributed by atoms with van der Waals surface area (Å²) < 4.78 is 13.5. The van der Waals surface area contributed by atoms with Crippen LogP contribution in [0.4, 0.5) is 10.2 Å². The molecule has 1 unspecified atom stereocenters. The third-order valence-electron chi connectivity index (χ3n) is 3.43. The van der Waals surface area contributed by atoms with Gasteiger partial charge in [0.25, 0.3) is 0 Å². The van der Waals surface area contributed by atoms with Gasteiger partial charge >= 0.3 is 0 Å². The summed E-state index contributed by atoms with van der Waals surface area (Å²) in [6.45, 7) is 9.78. The normalized spacial score (nSPS) is 12.7. The van der Waals surface area contributed by atoms with E-state index in [2.05, 4.69) is 55.0 Å². The van der Waals surface area contributed by atoms with E-state index >= 15 is 0 Å². The highest BCUT2D eigenvalue weighted by Gasteiger charge is 2.18. The number of pyridine rings is 1. The molecule has 1 rings (SSSR count). The summed E-state index contributed by atoms with van der Waals surface area (Å²) in [5.41, 5.74) is 0.927. The molecule has 21 heavy (non-hydrogen) atoms. The van der Waals surface area contributed by atoms with E-state index in [1.54, 1.807) is 6.07 Å². The Balaban J connectivity index is 2.96. The number of anilines is 1. The summed E-state index contributed by atoms with van der Waals surface area (Å²) in [6, 6.07) is 1.92. The van der Waals surface area contributed by atoms with Gasteiger partial charge in [-0.2, -0.15) is 0 Å². The third-order valence-corrected chi connectivity index (χ3v) is 3.43. The fourth-order valence-electron chi connectivity index (χ4n) is 2.56.